The average Bonchev–Trinajstić information content (AvgIpc) is 2.75. The van der Waals surface area contributed by atoms with Crippen LogP contribution in [0.25, 0.3) is 4.72 Å². The van der Waals surface area contributed by atoms with E-state index in [0.29, 0.717) is 23.7 Å². The van der Waals surface area contributed by atoms with Crippen LogP contribution in [0.4, 0.5) is 11.4 Å². The fourth-order valence-corrected chi connectivity index (χ4v) is 4.17. The van der Waals surface area contributed by atoms with Crippen LogP contribution in [0.2, 0.25) is 0 Å². The topological polar surface area (TPSA) is 101 Å². The second-order valence-corrected chi connectivity index (χ2v) is 8.74. The smallest absolute Gasteiger partial charge is 0.234 e. The van der Waals surface area contributed by atoms with E-state index >= 15 is 0 Å². The minimum atomic E-state index is -3.87. The Kier molecular flexibility index (Phi) is 7.31. The van der Waals surface area contributed by atoms with Gasteiger partial charge in [-0.05, 0) is 43.3 Å². The summed E-state index contributed by atoms with van der Waals surface area (Å²) < 4.78 is 34.2. The molecule has 7 nitrogen and oxygen atoms in total. The van der Waals surface area contributed by atoms with Gasteiger partial charge in [-0.2, -0.15) is 0 Å². The minimum absolute atomic E-state index is 0.0456. The van der Waals surface area contributed by atoms with Crippen LogP contribution in [0.15, 0.2) is 82.8 Å². The number of nitrogens with one attached hydrogen (secondary N) is 2. The molecule has 9 heteroatoms. The third kappa shape index (κ3) is 6.23. The zero-order valence-corrected chi connectivity index (χ0v) is 17.9. The molecule has 2 N–H and O–H groups in total. The minimum Gasteiger partial charge on any atom is -0.573 e. The Bertz CT molecular complexity index is 1070. The molecule has 3 rings (SSSR count). The molecule has 0 aliphatic heterocycles. The van der Waals surface area contributed by atoms with Crippen molar-refractivity contribution in [3.8, 4) is 5.75 Å². The van der Waals surface area contributed by atoms with E-state index < -0.39 is 10.0 Å². The Balaban J connectivity index is 1.57. The molecule has 0 radical (unpaired) electrons. The third-order valence-electron chi connectivity index (χ3n) is 3.87. The first-order chi connectivity index (χ1) is 14.5. The lowest BCUT2D eigenvalue weighted by Crippen LogP contribution is -2.14. The number of carbonyl (C=O) groups is 1. The second-order valence-electron chi connectivity index (χ2n) is 6.09. The van der Waals surface area contributed by atoms with Crippen molar-refractivity contribution in [3.05, 3.63) is 77.8 Å². The molecule has 0 unspecified atom stereocenters. The number of hydrogen-bond donors (Lipinski definition) is 1. The van der Waals surface area contributed by atoms with E-state index in [1.165, 1.54) is 23.9 Å². The van der Waals surface area contributed by atoms with E-state index in [2.05, 4.69) is 15.0 Å². The van der Waals surface area contributed by atoms with Crippen LogP contribution in [0.5, 0.6) is 5.75 Å². The van der Waals surface area contributed by atoms with E-state index in [9.17, 15) is 13.2 Å². The highest BCUT2D eigenvalue weighted by molar-refractivity contribution is 8.00. The van der Waals surface area contributed by atoms with Gasteiger partial charge in [-0.25, -0.2) is 13.4 Å². The van der Waals surface area contributed by atoms with Gasteiger partial charge in [-0.3, -0.25) is 4.79 Å². The Morgan fingerprint density at radius 2 is 1.70 bits per heavy atom. The fraction of sp³-hybridized carbons (Fsp3) is 0.143. The first kappa shape index (κ1) is 21.7. The lowest BCUT2D eigenvalue weighted by atomic mass is 10.3. The number of rotatable bonds is 9. The molecule has 2 aromatic carbocycles. The number of nitrogens with zero attached hydrogens (tertiary/aromatic N) is 1. The van der Waals surface area contributed by atoms with Gasteiger partial charge < -0.3 is 14.8 Å². The summed E-state index contributed by atoms with van der Waals surface area (Å²) in [7, 11) is -3.87. The van der Waals surface area contributed by atoms with Gasteiger partial charge in [0.1, 0.15) is 15.8 Å². The fourth-order valence-electron chi connectivity index (χ4n) is 2.49. The van der Waals surface area contributed by atoms with Gasteiger partial charge >= 0.3 is 0 Å². The predicted molar refractivity (Wildman–Crippen MR) is 117 cm³/mol. The summed E-state index contributed by atoms with van der Waals surface area (Å²) in [5.74, 6) is 0.720. The SMILES string of the molecule is CCOc1ccc([N-]S(=O)(=O)c2ccc(NC(=O)CSc3cc[nH+]cc3)cc2)cc1. The number of H-pyrrole nitrogens is 1. The van der Waals surface area contributed by atoms with Crippen molar-refractivity contribution >= 4 is 39.1 Å². The Morgan fingerprint density at radius 1 is 1.03 bits per heavy atom. The first-order valence-corrected chi connectivity index (χ1v) is 11.6. The number of aromatic nitrogens is 1. The number of thioether (sulfide) groups is 1. The van der Waals surface area contributed by atoms with Crippen LogP contribution in [0, 0.1) is 0 Å². The number of carbonyl (C=O) groups excluding carboxylic acids is 1. The number of ether oxygens (including phenoxy) is 1. The zero-order chi connectivity index (χ0) is 21.4. The van der Waals surface area contributed by atoms with Crippen LogP contribution >= 0.6 is 11.8 Å². The summed E-state index contributed by atoms with van der Waals surface area (Å²) in [5.41, 5.74) is 0.827. The van der Waals surface area contributed by atoms with Crippen LogP contribution in [0.3, 0.4) is 0 Å². The van der Waals surface area contributed by atoms with Gasteiger partial charge in [0, 0.05) is 22.7 Å². The second kappa shape index (κ2) is 10.1. The highest BCUT2D eigenvalue weighted by Gasteiger charge is 2.08. The number of aromatic amines is 1. The maximum absolute atomic E-state index is 12.5. The molecule has 1 aromatic heterocycles. The molecular weight excluding hydrogens is 422 g/mol. The van der Waals surface area contributed by atoms with Crippen molar-refractivity contribution in [2.24, 2.45) is 0 Å². The first-order valence-electron chi connectivity index (χ1n) is 9.16. The number of pyridine rings is 1. The maximum Gasteiger partial charge on any atom is 0.234 e. The molecule has 3 aromatic rings. The zero-order valence-electron chi connectivity index (χ0n) is 16.2. The van der Waals surface area contributed by atoms with Crippen molar-refractivity contribution in [2.45, 2.75) is 16.7 Å². The lowest BCUT2D eigenvalue weighted by molar-refractivity contribution is -0.378. The number of anilines is 1. The largest absolute Gasteiger partial charge is 0.573 e. The van der Waals surface area contributed by atoms with Crippen molar-refractivity contribution in [1.82, 2.24) is 0 Å². The van der Waals surface area contributed by atoms with E-state index in [1.807, 2.05) is 19.1 Å². The summed E-state index contributed by atoms with van der Waals surface area (Å²) in [6.45, 7) is 2.40. The molecule has 30 heavy (non-hydrogen) atoms. The quantitative estimate of drug-likeness (QED) is 0.503. The van der Waals surface area contributed by atoms with E-state index in [0.717, 1.165) is 4.90 Å². The molecule has 0 bridgehead atoms. The standard InChI is InChI=1S/C21H20N3O4S2/c1-2-28-18-7-3-17(4-8-18)24-30(26,27)20-9-5-16(6-10-20)23-21(25)15-29-19-11-13-22-14-12-19/h3-14H,2,15H2,1H3,(H,23,25)/q-1/p+1. The molecule has 156 valence electrons. The molecule has 1 heterocycles. The highest BCUT2D eigenvalue weighted by atomic mass is 32.2. The average molecular weight is 444 g/mol. The Hall–Kier alpha value is -3.04. The monoisotopic (exact) mass is 443 g/mol. The molecule has 0 aliphatic carbocycles. The van der Waals surface area contributed by atoms with Crippen LogP contribution in [0.1, 0.15) is 6.92 Å². The van der Waals surface area contributed by atoms with Gasteiger partial charge in [0.15, 0.2) is 12.4 Å². The summed E-state index contributed by atoms with van der Waals surface area (Å²) >= 11 is 1.41. The van der Waals surface area contributed by atoms with Gasteiger partial charge in [0.05, 0.1) is 17.3 Å². The third-order valence-corrected chi connectivity index (χ3v) is 6.20. The van der Waals surface area contributed by atoms with E-state index in [-0.39, 0.29) is 16.6 Å². The summed E-state index contributed by atoms with van der Waals surface area (Å²) in [4.78, 5) is 16.0. The molecular formula is C21H21N3O4S2. The highest BCUT2D eigenvalue weighted by Crippen LogP contribution is 2.29. The Morgan fingerprint density at radius 3 is 2.33 bits per heavy atom. The van der Waals surface area contributed by atoms with Crippen molar-refractivity contribution in [3.63, 3.8) is 0 Å². The molecule has 0 aliphatic rings. The van der Waals surface area contributed by atoms with Gasteiger partial charge in [-0.15, -0.1) is 17.4 Å². The van der Waals surface area contributed by atoms with Gasteiger partial charge in [0.2, 0.25) is 5.91 Å². The predicted octanol–water partition coefficient (Wildman–Crippen LogP) is 4.02. The van der Waals surface area contributed by atoms with Crippen molar-refractivity contribution in [1.29, 1.82) is 0 Å². The molecule has 0 fully saturated rings. The maximum atomic E-state index is 12.5. The normalized spacial score (nSPS) is 11.0. The van der Waals surface area contributed by atoms with E-state index in [1.54, 1.807) is 48.8 Å². The van der Waals surface area contributed by atoms with Gasteiger partial charge in [0.25, 0.3) is 0 Å². The van der Waals surface area contributed by atoms with Crippen LogP contribution < -0.4 is 15.0 Å². The lowest BCUT2D eigenvalue weighted by Gasteiger charge is -2.22. The number of sulfonamides is 1. The molecule has 0 spiro atoms. The number of benzene rings is 2. The summed E-state index contributed by atoms with van der Waals surface area (Å²) in [6.07, 6.45) is 3.58. The van der Waals surface area contributed by atoms with Crippen molar-refractivity contribution in [2.75, 3.05) is 17.7 Å². The van der Waals surface area contributed by atoms with E-state index in [4.69, 9.17) is 4.74 Å². The summed E-state index contributed by atoms with van der Waals surface area (Å²) in [6, 6.07) is 16.2. The van der Waals surface area contributed by atoms with Crippen LogP contribution in [-0.2, 0) is 14.8 Å². The summed E-state index contributed by atoms with van der Waals surface area (Å²) in [5, 5.41) is 2.75. The van der Waals surface area contributed by atoms with Crippen molar-refractivity contribution < 1.29 is 22.9 Å². The molecule has 0 atom stereocenters. The molecule has 0 saturated heterocycles. The van der Waals surface area contributed by atoms with Crippen LogP contribution in [-0.4, -0.2) is 26.7 Å². The Labute approximate surface area is 179 Å². The van der Waals surface area contributed by atoms with Gasteiger partial charge in [-0.1, -0.05) is 12.1 Å². The molecule has 0 saturated carbocycles. The number of hydrogen-bond acceptors (Lipinski definition) is 5. The number of amides is 1. The molecule has 1 amide bonds.